The number of rotatable bonds is 3. The molecule has 3 heterocycles. The van der Waals surface area contributed by atoms with E-state index >= 15 is 0 Å². The Balaban J connectivity index is 1.75. The molecule has 1 aromatic carbocycles. The van der Waals surface area contributed by atoms with Crippen molar-refractivity contribution in [2.45, 2.75) is 12.8 Å². The Morgan fingerprint density at radius 1 is 1.19 bits per heavy atom. The van der Waals surface area contributed by atoms with E-state index in [2.05, 4.69) is 15.0 Å². The van der Waals surface area contributed by atoms with E-state index in [-0.39, 0.29) is 17.4 Å². The van der Waals surface area contributed by atoms with E-state index in [0.717, 1.165) is 5.56 Å². The molecule has 3 aromatic rings. The molecule has 0 atom stereocenters. The highest BCUT2D eigenvalue weighted by molar-refractivity contribution is 6.33. The first kappa shape index (κ1) is 17.5. The van der Waals surface area contributed by atoms with Crippen LogP contribution in [0.25, 0.3) is 22.2 Å². The van der Waals surface area contributed by atoms with Gasteiger partial charge in [-0.1, -0.05) is 29.8 Å². The number of nitrogens with zero attached hydrogens (tertiary/aromatic N) is 3. The molecule has 7 nitrogen and oxygen atoms in total. The third-order valence-corrected chi connectivity index (χ3v) is 5.29. The summed E-state index contributed by atoms with van der Waals surface area (Å²) in [6.45, 7) is 1.21. The van der Waals surface area contributed by atoms with Crippen LogP contribution in [0.15, 0.2) is 41.3 Å². The number of nitrogens with one attached hydrogen (secondary N) is 1. The van der Waals surface area contributed by atoms with Crippen molar-refractivity contribution in [1.29, 1.82) is 0 Å². The summed E-state index contributed by atoms with van der Waals surface area (Å²) in [5.41, 5.74) is 6.93. The molecule has 1 fully saturated rings. The van der Waals surface area contributed by atoms with E-state index in [0.29, 0.717) is 53.5 Å². The molecule has 1 aliphatic heterocycles. The van der Waals surface area contributed by atoms with Crippen LogP contribution in [-0.2, 0) is 4.79 Å². The lowest BCUT2D eigenvalue weighted by molar-refractivity contribution is -0.122. The Hall–Kier alpha value is -2.93. The van der Waals surface area contributed by atoms with E-state index in [4.69, 9.17) is 17.3 Å². The molecule has 3 N–H and O–H groups in total. The first-order valence-corrected chi connectivity index (χ1v) is 9.10. The number of piperidine rings is 1. The molecule has 8 heteroatoms. The minimum atomic E-state index is -0.277. The number of benzene rings is 1. The normalized spacial score (nSPS) is 15.2. The largest absolute Gasteiger partial charge is 0.369 e. The zero-order chi connectivity index (χ0) is 19.0. The fraction of sp³-hybridized carbons (Fsp3) is 0.263. The van der Waals surface area contributed by atoms with Crippen LogP contribution in [-0.4, -0.2) is 33.9 Å². The standard InChI is InChI=1S/C19H18ClN5O2/c20-14-4-2-1-3-12(14)13-5-8-22-17-15(13)18(27)24-19(23-17)25-9-6-11(7-10-25)16(21)26/h1-5,8,11H,6-7,9-10H2,(H2,21,26)(H,22,23,24,27). The van der Waals surface area contributed by atoms with Crippen LogP contribution in [0.4, 0.5) is 5.95 Å². The molecular formula is C19H18ClN5O2. The quantitative estimate of drug-likeness (QED) is 0.722. The van der Waals surface area contributed by atoms with Crippen LogP contribution in [0.1, 0.15) is 12.8 Å². The highest BCUT2D eigenvalue weighted by Gasteiger charge is 2.25. The number of H-pyrrole nitrogens is 1. The van der Waals surface area contributed by atoms with Crippen molar-refractivity contribution >= 4 is 34.5 Å². The molecule has 0 unspecified atom stereocenters. The van der Waals surface area contributed by atoms with Crippen molar-refractivity contribution in [2.75, 3.05) is 18.0 Å². The van der Waals surface area contributed by atoms with Crippen molar-refractivity contribution in [2.24, 2.45) is 11.7 Å². The van der Waals surface area contributed by atoms with Gasteiger partial charge in [-0.05, 0) is 25.0 Å². The number of aromatic nitrogens is 3. The van der Waals surface area contributed by atoms with E-state index < -0.39 is 0 Å². The number of amides is 1. The number of pyridine rings is 1. The number of anilines is 1. The number of aromatic amines is 1. The fourth-order valence-corrected chi connectivity index (χ4v) is 3.72. The third-order valence-electron chi connectivity index (χ3n) is 4.96. The molecule has 4 rings (SSSR count). The lowest BCUT2D eigenvalue weighted by Gasteiger charge is -2.30. The number of carbonyl (C=O) groups is 1. The predicted octanol–water partition coefficient (Wildman–Crippen LogP) is 2.34. The summed E-state index contributed by atoms with van der Waals surface area (Å²) >= 11 is 6.30. The number of hydrogen-bond acceptors (Lipinski definition) is 5. The zero-order valence-corrected chi connectivity index (χ0v) is 15.2. The SMILES string of the molecule is NC(=O)C1CCN(c2nc3nccc(-c4ccccc4Cl)c3c(=O)[nH]2)CC1. The Morgan fingerprint density at radius 2 is 1.93 bits per heavy atom. The van der Waals surface area contributed by atoms with Gasteiger partial charge in [-0.2, -0.15) is 4.98 Å². The second-order valence-corrected chi connectivity index (χ2v) is 7.00. The summed E-state index contributed by atoms with van der Waals surface area (Å²) in [4.78, 5) is 37.8. The first-order chi connectivity index (χ1) is 13.0. The molecule has 1 aliphatic rings. The number of fused-ring (bicyclic) bond motifs is 1. The van der Waals surface area contributed by atoms with Gasteiger partial charge in [0.05, 0.1) is 5.39 Å². The maximum atomic E-state index is 12.8. The van der Waals surface area contributed by atoms with E-state index in [9.17, 15) is 9.59 Å². The Morgan fingerprint density at radius 3 is 2.63 bits per heavy atom. The maximum absolute atomic E-state index is 12.8. The van der Waals surface area contributed by atoms with Gasteiger partial charge in [0, 0.05) is 41.4 Å². The van der Waals surface area contributed by atoms with Gasteiger partial charge in [-0.3, -0.25) is 14.6 Å². The van der Waals surface area contributed by atoms with Gasteiger partial charge in [-0.25, -0.2) is 4.98 Å². The van der Waals surface area contributed by atoms with Crippen molar-refractivity contribution in [3.8, 4) is 11.1 Å². The summed E-state index contributed by atoms with van der Waals surface area (Å²) in [5, 5.41) is 0.961. The molecule has 0 bridgehead atoms. The molecule has 1 amide bonds. The zero-order valence-electron chi connectivity index (χ0n) is 14.5. The van der Waals surface area contributed by atoms with Crippen LogP contribution in [0.2, 0.25) is 5.02 Å². The van der Waals surface area contributed by atoms with Gasteiger partial charge < -0.3 is 10.6 Å². The van der Waals surface area contributed by atoms with E-state index in [1.165, 1.54) is 0 Å². The number of primary amides is 1. The summed E-state index contributed by atoms with van der Waals surface area (Å²) in [5.74, 6) is 0.0540. The van der Waals surface area contributed by atoms with Gasteiger partial charge >= 0.3 is 0 Å². The van der Waals surface area contributed by atoms with Crippen LogP contribution >= 0.6 is 11.6 Å². The number of halogens is 1. The van der Waals surface area contributed by atoms with Gasteiger partial charge in [0.15, 0.2) is 5.65 Å². The van der Waals surface area contributed by atoms with Gasteiger partial charge in [-0.15, -0.1) is 0 Å². The molecular weight excluding hydrogens is 366 g/mol. The highest BCUT2D eigenvalue weighted by atomic mass is 35.5. The molecule has 0 saturated carbocycles. The molecule has 0 aliphatic carbocycles. The minimum Gasteiger partial charge on any atom is -0.369 e. The predicted molar refractivity (Wildman–Crippen MR) is 105 cm³/mol. The second kappa shape index (κ2) is 7.00. The topological polar surface area (TPSA) is 105 Å². The van der Waals surface area contributed by atoms with E-state index in [1.807, 2.05) is 23.1 Å². The Kier molecular flexibility index (Phi) is 4.53. The van der Waals surface area contributed by atoms with Crippen LogP contribution in [0.3, 0.4) is 0 Å². The van der Waals surface area contributed by atoms with Crippen molar-refractivity contribution in [3.05, 3.63) is 51.9 Å². The molecule has 0 radical (unpaired) electrons. The average molecular weight is 384 g/mol. The fourth-order valence-electron chi connectivity index (χ4n) is 3.48. The molecule has 138 valence electrons. The smallest absolute Gasteiger partial charge is 0.262 e. The summed E-state index contributed by atoms with van der Waals surface area (Å²) < 4.78 is 0. The Labute approximate surface area is 160 Å². The summed E-state index contributed by atoms with van der Waals surface area (Å²) in [6.07, 6.45) is 2.91. The lowest BCUT2D eigenvalue weighted by Crippen LogP contribution is -2.40. The van der Waals surface area contributed by atoms with Crippen molar-refractivity contribution in [3.63, 3.8) is 0 Å². The van der Waals surface area contributed by atoms with Gasteiger partial charge in [0.25, 0.3) is 5.56 Å². The van der Waals surface area contributed by atoms with E-state index in [1.54, 1.807) is 18.3 Å². The third kappa shape index (κ3) is 3.26. The monoisotopic (exact) mass is 383 g/mol. The molecule has 1 saturated heterocycles. The van der Waals surface area contributed by atoms with Crippen molar-refractivity contribution in [1.82, 2.24) is 15.0 Å². The number of hydrogen-bond donors (Lipinski definition) is 2. The molecule has 27 heavy (non-hydrogen) atoms. The van der Waals surface area contributed by atoms with Crippen LogP contribution < -0.4 is 16.2 Å². The summed E-state index contributed by atoms with van der Waals surface area (Å²) in [7, 11) is 0. The number of carbonyl (C=O) groups excluding carboxylic acids is 1. The van der Waals surface area contributed by atoms with Gasteiger partial charge in [0.1, 0.15) is 0 Å². The Bertz CT molecular complexity index is 1070. The second-order valence-electron chi connectivity index (χ2n) is 6.59. The number of nitrogens with two attached hydrogens (primary N) is 1. The van der Waals surface area contributed by atoms with Gasteiger partial charge in [0.2, 0.25) is 11.9 Å². The highest BCUT2D eigenvalue weighted by Crippen LogP contribution is 2.31. The minimum absolute atomic E-state index is 0.127. The van der Waals surface area contributed by atoms with Crippen molar-refractivity contribution < 1.29 is 4.79 Å². The first-order valence-electron chi connectivity index (χ1n) is 8.73. The molecule has 2 aromatic heterocycles. The molecule has 0 spiro atoms. The van der Waals surface area contributed by atoms with Crippen LogP contribution in [0.5, 0.6) is 0 Å². The average Bonchev–Trinajstić information content (AvgIpc) is 2.68. The van der Waals surface area contributed by atoms with Crippen LogP contribution in [0, 0.1) is 5.92 Å². The summed E-state index contributed by atoms with van der Waals surface area (Å²) in [6, 6.07) is 9.11. The maximum Gasteiger partial charge on any atom is 0.262 e. The lowest BCUT2D eigenvalue weighted by atomic mass is 9.96.